The lowest BCUT2D eigenvalue weighted by atomic mass is 9.46. The van der Waals surface area contributed by atoms with E-state index in [2.05, 4.69) is 20.8 Å². The van der Waals surface area contributed by atoms with Crippen LogP contribution in [0.1, 0.15) is 73.1 Å². The molecule has 2 rings (SSSR count). The third-order valence-corrected chi connectivity index (χ3v) is 7.39. The van der Waals surface area contributed by atoms with Gasteiger partial charge in [0, 0.05) is 19.8 Å². The smallest absolute Gasteiger partial charge is 0.303 e. The van der Waals surface area contributed by atoms with E-state index in [0.717, 1.165) is 31.3 Å². The van der Waals surface area contributed by atoms with Gasteiger partial charge in [-0.15, -0.1) is 0 Å². The molecule has 1 fully saturated rings. The van der Waals surface area contributed by atoms with Gasteiger partial charge in [-0.3, -0.25) is 14.4 Å². The van der Waals surface area contributed by atoms with Crippen molar-refractivity contribution in [2.45, 2.75) is 73.1 Å². The molecule has 0 radical (unpaired) electrons. The first-order valence-corrected chi connectivity index (χ1v) is 10.1. The van der Waals surface area contributed by atoms with Crippen molar-refractivity contribution in [1.82, 2.24) is 0 Å². The van der Waals surface area contributed by atoms with Gasteiger partial charge in [-0.2, -0.15) is 0 Å². The average molecular weight is 379 g/mol. The quantitative estimate of drug-likeness (QED) is 0.664. The van der Waals surface area contributed by atoms with Gasteiger partial charge in [-0.05, 0) is 65.9 Å². The van der Waals surface area contributed by atoms with E-state index in [1.807, 2.05) is 6.92 Å². The number of hydrogen-bond donors (Lipinski definition) is 1. The van der Waals surface area contributed by atoms with Gasteiger partial charge in [0.1, 0.15) is 6.61 Å². The Kier molecular flexibility index (Phi) is 6.54. The summed E-state index contributed by atoms with van der Waals surface area (Å²) >= 11 is 0. The summed E-state index contributed by atoms with van der Waals surface area (Å²) in [5.41, 5.74) is 0.752. The lowest BCUT2D eigenvalue weighted by Crippen LogP contribution is -2.52. The molecule has 5 heteroatoms. The second-order valence-corrected chi connectivity index (χ2v) is 9.28. The van der Waals surface area contributed by atoms with Crippen LogP contribution in [0.3, 0.4) is 0 Å². The summed E-state index contributed by atoms with van der Waals surface area (Å²) in [7, 11) is 0. The molecule has 5 nitrogen and oxygen atoms in total. The number of fused-ring (bicyclic) bond motifs is 1. The van der Waals surface area contributed by atoms with Crippen LogP contribution in [0.25, 0.3) is 0 Å². The van der Waals surface area contributed by atoms with E-state index in [9.17, 15) is 14.4 Å². The van der Waals surface area contributed by atoms with Gasteiger partial charge in [0.2, 0.25) is 0 Å². The first-order valence-electron chi connectivity index (χ1n) is 10.1. The summed E-state index contributed by atoms with van der Waals surface area (Å²) < 4.78 is 5.26. The molecule has 0 aromatic heterocycles. The van der Waals surface area contributed by atoms with Crippen LogP contribution in [0.15, 0.2) is 11.6 Å². The SMILES string of the molecule is CC(=O)OCC1=CC(=O)C[C@@H]2[C@@](C)(CC[C@@H](C)CC(=O)O)[C@H](C)CC[C@]12C. The summed E-state index contributed by atoms with van der Waals surface area (Å²) in [5, 5.41) is 9.05. The van der Waals surface area contributed by atoms with Gasteiger partial charge in [-0.25, -0.2) is 0 Å². The number of carbonyl (C=O) groups is 3. The van der Waals surface area contributed by atoms with Crippen molar-refractivity contribution < 1.29 is 24.2 Å². The van der Waals surface area contributed by atoms with Gasteiger partial charge >= 0.3 is 11.9 Å². The van der Waals surface area contributed by atoms with E-state index in [4.69, 9.17) is 9.84 Å². The van der Waals surface area contributed by atoms with Crippen LogP contribution in [0, 0.1) is 28.6 Å². The molecule has 0 bridgehead atoms. The highest BCUT2D eigenvalue weighted by molar-refractivity contribution is 5.92. The van der Waals surface area contributed by atoms with Gasteiger partial charge in [-0.1, -0.05) is 27.7 Å². The number of aliphatic carboxylic acids is 1. The molecule has 0 amide bonds. The number of hydrogen-bond acceptors (Lipinski definition) is 4. The first kappa shape index (κ1) is 21.6. The molecule has 0 aromatic carbocycles. The van der Waals surface area contributed by atoms with Crippen molar-refractivity contribution >= 4 is 17.7 Å². The van der Waals surface area contributed by atoms with E-state index in [1.54, 1.807) is 6.08 Å². The number of carboxylic acid groups (broad SMARTS) is 1. The summed E-state index contributed by atoms with van der Waals surface area (Å²) in [6.07, 6.45) is 6.20. The first-order chi connectivity index (χ1) is 12.5. The Morgan fingerprint density at radius 1 is 1.37 bits per heavy atom. The Labute approximate surface area is 162 Å². The Hall–Kier alpha value is -1.65. The minimum atomic E-state index is -0.756. The highest BCUT2D eigenvalue weighted by Crippen LogP contribution is 2.61. The maximum Gasteiger partial charge on any atom is 0.303 e. The van der Waals surface area contributed by atoms with E-state index in [0.29, 0.717) is 12.3 Å². The van der Waals surface area contributed by atoms with E-state index < -0.39 is 5.97 Å². The third kappa shape index (κ3) is 4.61. The maximum absolute atomic E-state index is 12.5. The van der Waals surface area contributed by atoms with Crippen LogP contribution in [0.4, 0.5) is 0 Å². The van der Waals surface area contributed by atoms with Crippen LogP contribution in [-0.4, -0.2) is 29.4 Å². The monoisotopic (exact) mass is 378 g/mol. The third-order valence-electron chi connectivity index (χ3n) is 7.39. The normalized spacial score (nSPS) is 34.4. The van der Waals surface area contributed by atoms with Crippen molar-refractivity contribution in [3.63, 3.8) is 0 Å². The molecule has 152 valence electrons. The second kappa shape index (κ2) is 8.15. The molecule has 0 heterocycles. The van der Waals surface area contributed by atoms with E-state index >= 15 is 0 Å². The molecule has 0 spiro atoms. The molecule has 5 atom stereocenters. The lowest BCUT2D eigenvalue weighted by Gasteiger charge is -2.58. The fraction of sp³-hybridized carbons (Fsp3) is 0.773. The topological polar surface area (TPSA) is 80.7 Å². The van der Waals surface area contributed by atoms with Crippen molar-refractivity contribution in [2.24, 2.45) is 28.6 Å². The van der Waals surface area contributed by atoms with Crippen molar-refractivity contribution in [3.8, 4) is 0 Å². The van der Waals surface area contributed by atoms with Crippen LogP contribution in [-0.2, 0) is 19.1 Å². The Balaban J connectivity index is 2.26. The van der Waals surface area contributed by atoms with Crippen molar-refractivity contribution in [3.05, 3.63) is 11.6 Å². The van der Waals surface area contributed by atoms with Crippen molar-refractivity contribution in [1.29, 1.82) is 0 Å². The van der Waals surface area contributed by atoms with Crippen molar-refractivity contribution in [2.75, 3.05) is 6.61 Å². The summed E-state index contributed by atoms with van der Waals surface area (Å²) in [6, 6.07) is 0. The molecule has 0 aliphatic heterocycles. The van der Waals surface area contributed by atoms with Crippen LogP contribution in [0.2, 0.25) is 0 Å². The molecular weight excluding hydrogens is 344 g/mol. The molecule has 0 saturated heterocycles. The summed E-state index contributed by atoms with van der Waals surface area (Å²) in [5.74, 6) is -0.201. The highest BCUT2D eigenvalue weighted by atomic mass is 16.5. The maximum atomic E-state index is 12.5. The van der Waals surface area contributed by atoms with Gasteiger partial charge in [0.05, 0.1) is 0 Å². The van der Waals surface area contributed by atoms with Gasteiger partial charge in [0.15, 0.2) is 5.78 Å². The van der Waals surface area contributed by atoms with Gasteiger partial charge < -0.3 is 9.84 Å². The lowest BCUT2D eigenvalue weighted by molar-refractivity contribution is -0.142. The highest BCUT2D eigenvalue weighted by Gasteiger charge is 2.55. The molecule has 27 heavy (non-hydrogen) atoms. The number of ketones is 1. The number of carbonyl (C=O) groups excluding carboxylic acids is 2. The Morgan fingerprint density at radius 2 is 2.04 bits per heavy atom. The predicted molar refractivity (Wildman–Crippen MR) is 103 cm³/mol. The summed E-state index contributed by atoms with van der Waals surface area (Å²) in [6.45, 7) is 10.3. The molecule has 2 aliphatic carbocycles. The minimum absolute atomic E-state index is 0.0366. The molecule has 0 unspecified atom stereocenters. The average Bonchev–Trinajstić information content (AvgIpc) is 2.56. The Morgan fingerprint density at radius 3 is 2.63 bits per heavy atom. The largest absolute Gasteiger partial charge is 0.481 e. The zero-order valence-electron chi connectivity index (χ0n) is 17.3. The number of esters is 1. The van der Waals surface area contributed by atoms with Crippen LogP contribution < -0.4 is 0 Å². The number of carboxylic acids is 1. The second-order valence-electron chi connectivity index (χ2n) is 9.28. The minimum Gasteiger partial charge on any atom is -0.481 e. The number of ether oxygens (including phenoxy) is 1. The Bertz CT molecular complexity index is 637. The fourth-order valence-corrected chi connectivity index (χ4v) is 5.32. The predicted octanol–water partition coefficient (Wildman–Crippen LogP) is 4.40. The standard InChI is InChI=1S/C22H34O5/c1-14(10-20(25)26)6-8-21(4)15(2)7-9-22(5)17(13-27-16(3)23)11-18(24)12-19(21)22/h11,14-15,19H,6-10,12-13H2,1-5H3,(H,25,26)/t14-,15-,19-,21+,22-/m1/s1. The number of allylic oxidation sites excluding steroid dienone is 1. The molecular formula is C22H34O5. The van der Waals surface area contributed by atoms with Crippen LogP contribution >= 0.6 is 0 Å². The number of rotatable bonds is 7. The zero-order chi connectivity index (χ0) is 20.4. The molecule has 1 N–H and O–H groups in total. The molecule has 0 aromatic rings. The molecule has 2 aliphatic rings. The van der Waals surface area contributed by atoms with Gasteiger partial charge in [0.25, 0.3) is 0 Å². The van der Waals surface area contributed by atoms with E-state index in [-0.39, 0.29) is 47.4 Å². The fourth-order valence-electron chi connectivity index (χ4n) is 5.32. The summed E-state index contributed by atoms with van der Waals surface area (Å²) in [4.78, 5) is 34.8. The molecule has 1 saturated carbocycles. The zero-order valence-corrected chi connectivity index (χ0v) is 17.3. The van der Waals surface area contributed by atoms with E-state index in [1.165, 1.54) is 6.92 Å². The van der Waals surface area contributed by atoms with Crippen LogP contribution in [0.5, 0.6) is 0 Å².